The molecule has 2 heterocycles. The third kappa shape index (κ3) is 5.88. The molecule has 1 aromatic heterocycles. The zero-order chi connectivity index (χ0) is 27.1. The number of nitrogens with one attached hydrogen (secondary N) is 1. The number of methoxy groups -OCH3 is 1. The van der Waals surface area contributed by atoms with Gasteiger partial charge in [-0.1, -0.05) is 36.1 Å². The predicted molar refractivity (Wildman–Crippen MR) is 140 cm³/mol. The molecule has 1 unspecified atom stereocenters. The van der Waals surface area contributed by atoms with Gasteiger partial charge in [-0.25, -0.2) is 13.9 Å². The predicted octanol–water partition coefficient (Wildman–Crippen LogP) is 2.50. The number of rotatable bonds is 7. The number of amides is 2. The van der Waals surface area contributed by atoms with Crippen molar-refractivity contribution in [3.8, 4) is 17.6 Å². The molecule has 198 valence electrons. The van der Waals surface area contributed by atoms with Gasteiger partial charge in [-0.3, -0.25) is 14.8 Å². The lowest BCUT2D eigenvalue weighted by Crippen LogP contribution is -2.53. The summed E-state index contributed by atoms with van der Waals surface area (Å²) < 4.78 is 39.0. The normalized spacial score (nSPS) is 15.5. The third-order valence-corrected chi connectivity index (χ3v) is 8.51. The van der Waals surface area contributed by atoms with Crippen molar-refractivity contribution in [3.05, 3.63) is 76.5 Å². The molecule has 12 heteroatoms. The maximum atomic E-state index is 13.8. The second kappa shape index (κ2) is 12.2. The fraction of sp³-hybridized carbons (Fsp3) is 0.231. The Bertz CT molecular complexity index is 1450. The van der Waals surface area contributed by atoms with E-state index < -0.39 is 22.0 Å². The summed E-state index contributed by atoms with van der Waals surface area (Å²) in [7, 11) is -2.73. The molecule has 0 spiro atoms. The Hall–Kier alpha value is -3.73. The fourth-order valence-corrected chi connectivity index (χ4v) is 6.18. The average molecular weight is 556 g/mol. The van der Waals surface area contributed by atoms with Crippen LogP contribution >= 0.6 is 11.3 Å². The number of sulfonamides is 1. The quantitative estimate of drug-likeness (QED) is 0.261. The van der Waals surface area contributed by atoms with Gasteiger partial charge in [0.15, 0.2) is 0 Å². The van der Waals surface area contributed by atoms with Crippen LogP contribution in [0.2, 0.25) is 0 Å². The summed E-state index contributed by atoms with van der Waals surface area (Å²) in [6.07, 6.45) is 0. The van der Waals surface area contributed by atoms with Crippen molar-refractivity contribution >= 4 is 38.9 Å². The van der Waals surface area contributed by atoms with Crippen LogP contribution in [0.15, 0.2) is 70.9 Å². The van der Waals surface area contributed by atoms with Crippen LogP contribution in [0, 0.1) is 11.8 Å². The molecule has 3 aromatic rings. The summed E-state index contributed by atoms with van der Waals surface area (Å²) >= 11 is 1.24. The Morgan fingerprint density at radius 3 is 2.50 bits per heavy atom. The van der Waals surface area contributed by atoms with E-state index in [2.05, 4.69) is 11.8 Å². The topological polar surface area (TPSA) is 125 Å². The van der Waals surface area contributed by atoms with Gasteiger partial charge in [-0.15, -0.1) is 11.3 Å². The van der Waals surface area contributed by atoms with Gasteiger partial charge in [-0.05, 0) is 47.3 Å². The van der Waals surface area contributed by atoms with Gasteiger partial charge in [0.05, 0.1) is 16.3 Å². The maximum Gasteiger partial charge on any atom is 0.268 e. The molecule has 0 saturated carbocycles. The van der Waals surface area contributed by atoms with Crippen LogP contribution in [-0.4, -0.2) is 62.7 Å². The van der Waals surface area contributed by atoms with Gasteiger partial charge in [0, 0.05) is 19.3 Å². The van der Waals surface area contributed by atoms with Crippen LogP contribution in [0.1, 0.15) is 15.2 Å². The highest BCUT2D eigenvalue weighted by Gasteiger charge is 2.41. The molecule has 2 amide bonds. The van der Waals surface area contributed by atoms with Gasteiger partial charge in [0.25, 0.3) is 11.8 Å². The minimum atomic E-state index is -4.26. The first-order chi connectivity index (χ1) is 18.4. The Morgan fingerprint density at radius 1 is 1.08 bits per heavy atom. The number of para-hydroxylation sites is 1. The van der Waals surface area contributed by atoms with Crippen molar-refractivity contribution in [2.24, 2.45) is 0 Å². The van der Waals surface area contributed by atoms with E-state index in [9.17, 15) is 23.2 Å². The number of hydrogen-bond acceptors (Lipinski definition) is 8. The van der Waals surface area contributed by atoms with Crippen LogP contribution < -0.4 is 15.1 Å². The standard InChI is InChI=1S/C26H25N3O7S2/c1-35-14-4-5-15-36-20-10-12-21(13-11-20)38(33,34)29-17-19-7-2-3-8-22(19)28(18-23(29)25(30)27-32)26(31)24-9-6-16-37-24/h2-3,6-13,16,23,32H,14-15,17-18H2,1H3,(H,27,30). The number of carbonyl (C=O) groups excluding carboxylic acids is 2. The van der Waals surface area contributed by atoms with Crippen LogP contribution in [0.25, 0.3) is 0 Å². The molecule has 0 radical (unpaired) electrons. The average Bonchev–Trinajstić information content (AvgIpc) is 3.41. The van der Waals surface area contributed by atoms with E-state index in [-0.39, 0.29) is 37.1 Å². The highest BCUT2D eigenvalue weighted by molar-refractivity contribution is 7.89. The van der Waals surface area contributed by atoms with Crippen molar-refractivity contribution in [1.82, 2.24) is 9.79 Å². The number of anilines is 1. The number of thiophene rings is 1. The lowest BCUT2D eigenvalue weighted by atomic mass is 10.1. The Morgan fingerprint density at radius 2 is 1.82 bits per heavy atom. The number of fused-ring (bicyclic) bond motifs is 1. The summed E-state index contributed by atoms with van der Waals surface area (Å²) in [5, 5.41) is 11.2. The van der Waals surface area contributed by atoms with E-state index in [0.717, 1.165) is 4.31 Å². The first-order valence-corrected chi connectivity index (χ1v) is 13.8. The van der Waals surface area contributed by atoms with E-state index in [4.69, 9.17) is 9.47 Å². The number of ether oxygens (including phenoxy) is 2. The molecule has 0 saturated heterocycles. The van der Waals surface area contributed by atoms with Gasteiger partial charge in [0.2, 0.25) is 10.0 Å². The van der Waals surface area contributed by atoms with Gasteiger partial charge >= 0.3 is 0 Å². The van der Waals surface area contributed by atoms with Crippen molar-refractivity contribution < 1.29 is 32.7 Å². The molecule has 2 N–H and O–H groups in total. The molecular formula is C26H25N3O7S2. The lowest BCUT2D eigenvalue weighted by molar-refractivity contribution is -0.133. The minimum Gasteiger partial charge on any atom is -0.481 e. The highest BCUT2D eigenvalue weighted by atomic mass is 32.2. The fourth-order valence-electron chi connectivity index (χ4n) is 3.95. The number of hydroxylamine groups is 1. The number of benzene rings is 2. The van der Waals surface area contributed by atoms with Crippen molar-refractivity contribution in [2.45, 2.75) is 17.5 Å². The Balaban J connectivity index is 1.68. The summed E-state index contributed by atoms with van der Waals surface area (Å²) in [5.74, 6) is 4.60. The van der Waals surface area contributed by atoms with Gasteiger partial charge < -0.3 is 14.4 Å². The van der Waals surface area contributed by atoms with E-state index in [1.54, 1.807) is 47.3 Å². The monoisotopic (exact) mass is 555 g/mol. The zero-order valence-corrected chi connectivity index (χ0v) is 22.0. The van der Waals surface area contributed by atoms with Crippen LogP contribution in [0.3, 0.4) is 0 Å². The maximum absolute atomic E-state index is 13.8. The van der Waals surface area contributed by atoms with Gasteiger partial charge in [0.1, 0.15) is 25.0 Å². The molecule has 0 fully saturated rings. The molecule has 0 aliphatic carbocycles. The van der Waals surface area contributed by atoms with Gasteiger partial charge in [-0.2, -0.15) is 4.31 Å². The summed E-state index contributed by atoms with van der Waals surface area (Å²) in [6, 6.07) is 14.6. The number of hydrogen-bond donors (Lipinski definition) is 2. The number of nitrogens with zero attached hydrogens (tertiary/aromatic N) is 2. The molecule has 1 atom stereocenters. The Kier molecular flexibility index (Phi) is 8.77. The SMILES string of the molecule is COCC#CCOc1ccc(S(=O)(=O)N2Cc3ccccc3N(C(=O)c3cccs3)CC2C(=O)NO)cc1. The summed E-state index contributed by atoms with van der Waals surface area (Å²) in [6.45, 7) is -0.123. The molecule has 38 heavy (non-hydrogen) atoms. The summed E-state index contributed by atoms with van der Waals surface area (Å²) in [5.41, 5.74) is 2.58. The zero-order valence-electron chi connectivity index (χ0n) is 20.4. The first kappa shape index (κ1) is 27.3. The summed E-state index contributed by atoms with van der Waals surface area (Å²) in [4.78, 5) is 27.9. The largest absolute Gasteiger partial charge is 0.481 e. The Labute approximate surface area is 224 Å². The van der Waals surface area contributed by atoms with E-state index >= 15 is 0 Å². The van der Waals surface area contributed by atoms with Crippen LogP contribution in [-0.2, 0) is 26.1 Å². The number of carbonyl (C=O) groups is 2. The highest BCUT2D eigenvalue weighted by Crippen LogP contribution is 2.33. The van der Waals surface area contributed by atoms with E-state index in [1.165, 1.54) is 47.6 Å². The lowest BCUT2D eigenvalue weighted by Gasteiger charge is -2.29. The smallest absolute Gasteiger partial charge is 0.268 e. The van der Waals surface area contributed by atoms with Crippen LogP contribution in [0.4, 0.5) is 5.69 Å². The van der Waals surface area contributed by atoms with Crippen molar-refractivity contribution in [2.75, 3.05) is 31.8 Å². The molecular weight excluding hydrogens is 530 g/mol. The third-order valence-electron chi connectivity index (χ3n) is 5.78. The van der Waals surface area contributed by atoms with E-state index in [0.29, 0.717) is 21.9 Å². The molecule has 1 aliphatic rings. The molecule has 1 aliphatic heterocycles. The first-order valence-electron chi connectivity index (χ1n) is 11.4. The molecule has 2 aromatic carbocycles. The minimum absolute atomic E-state index is 0.0819. The second-order valence-corrected chi connectivity index (χ2v) is 10.9. The second-order valence-electron chi connectivity index (χ2n) is 8.11. The van der Waals surface area contributed by atoms with Crippen molar-refractivity contribution in [3.63, 3.8) is 0 Å². The van der Waals surface area contributed by atoms with E-state index in [1.807, 2.05) is 0 Å². The molecule has 4 rings (SSSR count). The molecule has 0 bridgehead atoms. The van der Waals surface area contributed by atoms with Crippen molar-refractivity contribution in [1.29, 1.82) is 0 Å². The molecule has 10 nitrogen and oxygen atoms in total. The van der Waals surface area contributed by atoms with Crippen LogP contribution in [0.5, 0.6) is 5.75 Å².